The largest absolute Gasteiger partial charge is 0.462 e. The third kappa shape index (κ3) is 5.39. The van der Waals surface area contributed by atoms with Gasteiger partial charge in [-0.3, -0.25) is 4.79 Å². The van der Waals surface area contributed by atoms with E-state index in [-0.39, 0.29) is 24.7 Å². The van der Waals surface area contributed by atoms with Gasteiger partial charge in [-0.2, -0.15) is 0 Å². The lowest BCUT2D eigenvalue weighted by molar-refractivity contribution is -0.335. The van der Waals surface area contributed by atoms with Crippen LogP contribution < -0.4 is 0 Å². The van der Waals surface area contributed by atoms with Crippen LogP contribution in [0.25, 0.3) is 0 Å². The summed E-state index contributed by atoms with van der Waals surface area (Å²) < 4.78 is 25.3. The van der Waals surface area contributed by atoms with Crippen LogP contribution in [0.3, 0.4) is 0 Å². The lowest BCUT2D eigenvalue weighted by atomic mass is 9.71. The van der Waals surface area contributed by atoms with Crippen molar-refractivity contribution in [2.24, 2.45) is 17.8 Å². The van der Waals surface area contributed by atoms with Gasteiger partial charge in [0.15, 0.2) is 5.79 Å². The third-order valence-corrected chi connectivity index (χ3v) is 9.77. The summed E-state index contributed by atoms with van der Waals surface area (Å²) in [5.74, 6) is -2.20. The van der Waals surface area contributed by atoms with Crippen LogP contribution in [0.1, 0.15) is 73.1 Å². The van der Waals surface area contributed by atoms with Gasteiger partial charge >= 0.3 is 5.97 Å². The molecule has 1 spiro atoms. The second-order valence-corrected chi connectivity index (χ2v) is 12.7. The van der Waals surface area contributed by atoms with Gasteiger partial charge in [0.25, 0.3) is 0 Å². The minimum Gasteiger partial charge on any atom is -0.462 e. The third-order valence-electron chi connectivity index (χ3n) is 9.77. The average Bonchev–Trinajstić information content (AvgIpc) is 3.26. The van der Waals surface area contributed by atoms with Crippen LogP contribution in [0.15, 0.2) is 47.1 Å². The van der Waals surface area contributed by atoms with Crippen molar-refractivity contribution in [3.8, 4) is 0 Å². The Labute approximate surface area is 237 Å². The number of esters is 1. The summed E-state index contributed by atoms with van der Waals surface area (Å²) in [7, 11) is 0. The Kier molecular flexibility index (Phi) is 8.50. The lowest BCUT2D eigenvalue weighted by Crippen LogP contribution is -2.58. The van der Waals surface area contributed by atoms with Crippen LogP contribution >= 0.6 is 0 Å². The first-order valence-electron chi connectivity index (χ1n) is 15.0. The van der Waals surface area contributed by atoms with E-state index in [0.29, 0.717) is 42.7 Å². The van der Waals surface area contributed by atoms with Crippen molar-refractivity contribution in [3.63, 3.8) is 0 Å². The number of rotatable bonds is 1. The molecule has 0 saturated carbocycles. The summed E-state index contributed by atoms with van der Waals surface area (Å²) >= 11 is 0. The van der Waals surface area contributed by atoms with Gasteiger partial charge in [0.1, 0.15) is 29.8 Å². The van der Waals surface area contributed by atoms with Gasteiger partial charge in [0.05, 0.1) is 24.9 Å². The van der Waals surface area contributed by atoms with Crippen molar-refractivity contribution >= 4 is 5.97 Å². The molecule has 11 atom stereocenters. The first kappa shape index (κ1) is 29.7. The number of aliphatic hydroxyl groups is 3. The number of ether oxygens (including phenoxy) is 4. The van der Waals surface area contributed by atoms with Gasteiger partial charge in [-0.1, -0.05) is 51.2 Å². The maximum absolute atomic E-state index is 13.9. The molecule has 0 unspecified atom stereocenters. The minimum atomic E-state index is -1.75. The van der Waals surface area contributed by atoms with E-state index in [2.05, 4.69) is 13.8 Å². The Balaban J connectivity index is 1.53. The van der Waals surface area contributed by atoms with E-state index >= 15 is 0 Å². The van der Waals surface area contributed by atoms with E-state index in [0.717, 1.165) is 18.4 Å². The molecular weight excluding hydrogens is 512 g/mol. The molecule has 2 bridgehead atoms. The van der Waals surface area contributed by atoms with Crippen molar-refractivity contribution in [2.45, 2.75) is 121 Å². The second kappa shape index (κ2) is 11.5. The fraction of sp³-hybridized carbons (Fsp3) is 0.719. The summed E-state index contributed by atoms with van der Waals surface area (Å²) in [5, 5.41) is 33.9. The Morgan fingerprint density at radius 1 is 1.07 bits per heavy atom. The molecule has 222 valence electrons. The summed E-state index contributed by atoms with van der Waals surface area (Å²) in [6.45, 7) is 9.98. The van der Waals surface area contributed by atoms with Crippen LogP contribution in [0.4, 0.5) is 0 Å². The van der Waals surface area contributed by atoms with Crippen molar-refractivity contribution in [2.75, 3.05) is 6.61 Å². The zero-order chi connectivity index (χ0) is 28.8. The number of hydrogen-bond donors (Lipinski definition) is 3. The molecule has 8 nitrogen and oxygen atoms in total. The highest BCUT2D eigenvalue weighted by Gasteiger charge is 2.60. The van der Waals surface area contributed by atoms with Crippen LogP contribution in [0.5, 0.6) is 0 Å². The number of allylic oxidation sites excluding steroid dienone is 2. The zero-order valence-corrected chi connectivity index (χ0v) is 24.4. The topological polar surface area (TPSA) is 115 Å². The monoisotopic (exact) mass is 558 g/mol. The summed E-state index contributed by atoms with van der Waals surface area (Å²) in [6.07, 6.45) is 9.65. The number of carbonyl (C=O) groups excluding carboxylic acids is 1. The summed E-state index contributed by atoms with van der Waals surface area (Å²) in [5.41, 5.74) is 0.159. The van der Waals surface area contributed by atoms with Crippen LogP contribution in [0.2, 0.25) is 0 Å². The molecule has 0 aromatic rings. The Bertz CT molecular complexity index is 1090. The smallest absolute Gasteiger partial charge is 0.316 e. The van der Waals surface area contributed by atoms with Crippen molar-refractivity contribution in [1.82, 2.24) is 0 Å². The quantitative estimate of drug-likeness (QED) is 0.328. The predicted molar refractivity (Wildman–Crippen MR) is 149 cm³/mol. The van der Waals surface area contributed by atoms with Gasteiger partial charge in [-0.15, -0.1) is 0 Å². The highest BCUT2D eigenvalue weighted by molar-refractivity contribution is 5.78. The molecule has 40 heavy (non-hydrogen) atoms. The fourth-order valence-corrected chi connectivity index (χ4v) is 7.18. The Morgan fingerprint density at radius 2 is 1.85 bits per heavy atom. The van der Waals surface area contributed by atoms with Crippen LogP contribution in [0, 0.1) is 17.8 Å². The van der Waals surface area contributed by atoms with Crippen molar-refractivity contribution in [1.29, 1.82) is 0 Å². The number of hydrogen-bond acceptors (Lipinski definition) is 8. The number of fused-ring (bicyclic) bond motifs is 2. The van der Waals surface area contributed by atoms with Crippen LogP contribution in [-0.4, -0.2) is 75.9 Å². The predicted octanol–water partition coefficient (Wildman–Crippen LogP) is 3.90. The van der Waals surface area contributed by atoms with E-state index in [1.807, 2.05) is 26.0 Å². The van der Waals surface area contributed by atoms with Gasteiger partial charge in [-0.05, 0) is 55.7 Å². The van der Waals surface area contributed by atoms with E-state index in [1.165, 1.54) is 0 Å². The normalized spacial score (nSPS) is 49.6. The van der Waals surface area contributed by atoms with Gasteiger partial charge in [0.2, 0.25) is 0 Å². The van der Waals surface area contributed by atoms with Gasteiger partial charge < -0.3 is 34.3 Å². The molecule has 0 amide bonds. The Hall–Kier alpha value is -1.81. The SMILES string of the molecule is CC[C@H]1O[C@@]2(CC[C@@H]1C)C[C@@H]1C[C@@H](C/C=C(\C)[C@H](O)[C@@H](C)/C=C/C=C3\CO[C@@H]4[C@H](O)C(C)=C[C@@H](C(=O)O1)[C@]34O)O2. The maximum Gasteiger partial charge on any atom is 0.316 e. The molecule has 4 heterocycles. The molecule has 4 aliphatic heterocycles. The van der Waals surface area contributed by atoms with Crippen molar-refractivity contribution < 1.29 is 39.1 Å². The first-order chi connectivity index (χ1) is 19.0. The molecule has 0 aromatic carbocycles. The molecule has 3 fully saturated rings. The fourth-order valence-electron chi connectivity index (χ4n) is 7.18. The number of aliphatic hydroxyl groups excluding tert-OH is 2. The highest BCUT2D eigenvalue weighted by atomic mass is 16.7. The molecule has 5 aliphatic rings. The molecule has 3 saturated heterocycles. The molecule has 0 aromatic heterocycles. The van der Waals surface area contributed by atoms with E-state index in [4.69, 9.17) is 18.9 Å². The van der Waals surface area contributed by atoms with Crippen LogP contribution in [-0.2, 0) is 23.7 Å². The summed E-state index contributed by atoms with van der Waals surface area (Å²) in [4.78, 5) is 13.9. The summed E-state index contributed by atoms with van der Waals surface area (Å²) in [6, 6.07) is 0. The minimum absolute atomic E-state index is 0.0589. The molecule has 0 radical (unpaired) electrons. The second-order valence-electron chi connectivity index (χ2n) is 12.7. The van der Waals surface area contributed by atoms with Crippen molar-refractivity contribution in [3.05, 3.63) is 47.1 Å². The standard InChI is InChI=1S/C32H46O8/c1-6-26-18(2)12-13-31(40-26)16-24-15-23(39-31)11-10-20(4)27(33)19(3)8-7-9-22-17-37-29-28(34)21(5)14-25(30(35)38-24)32(22,29)36/h7-10,14,18-19,23-29,33-34,36H,6,11-13,15-17H2,1-5H3/b8-7+,20-10+,22-9+/t18-,19-,23+,24-,25-,26+,27+,28+,29+,31-,32+/m0/s1. The first-order valence-corrected chi connectivity index (χ1v) is 15.0. The molecule has 8 heteroatoms. The van der Waals surface area contributed by atoms with E-state index in [9.17, 15) is 20.1 Å². The lowest BCUT2D eigenvalue weighted by Gasteiger charge is -2.50. The van der Waals surface area contributed by atoms with E-state index in [1.54, 1.807) is 25.2 Å². The average molecular weight is 559 g/mol. The molecule has 5 rings (SSSR count). The van der Waals surface area contributed by atoms with Gasteiger partial charge in [0, 0.05) is 25.2 Å². The Morgan fingerprint density at radius 3 is 2.60 bits per heavy atom. The molecular formula is C32H46O8. The van der Waals surface area contributed by atoms with Gasteiger partial charge in [-0.25, -0.2) is 0 Å². The molecule has 1 aliphatic carbocycles. The zero-order valence-electron chi connectivity index (χ0n) is 24.4. The molecule has 3 N–H and O–H groups in total. The highest BCUT2D eigenvalue weighted by Crippen LogP contribution is 2.47. The number of carbonyl (C=O) groups is 1. The maximum atomic E-state index is 13.9. The van der Waals surface area contributed by atoms with E-state index < -0.39 is 47.7 Å².